The fourth-order valence-corrected chi connectivity index (χ4v) is 2.53. The number of nitrogens with two attached hydrogens (primary N) is 1. The van der Waals surface area contributed by atoms with Crippen LogP contribution < -0.4 is 5.73 Å². The van der Waals surface area contributed by atoms with Crippen molar-refractivity contribution in [3.8, 4) is 6.07 Å². The van der Waals surface area contributed by atoms with E-state index in [9.17, 15) is 4.79 Å². The molecule has 0 aromatic heterocycles. The summed E-state index contributed by atoms with van der Waals surface area (Å²) in [5.41, 5.74) is 6.87. The predicted molar refractivity (Wildman–Crippen MR) is 71.6 cm³/mol. The molecule has 0 saturated carbocycles. The van der Waals surface area contributed by atoms with E-state index in [0.717, 1.165) is 10.5 Å². The molecule has 0 aliphatic carbocycles. The summed E-state index contributed by atoms with van der Waals surface area (Å²) in [4.78, 5) is 14.3. The number of carbonyl (C=O) groups excluding carboxylic acids is 1. The quantitative estimate of drug-likeness (QED) is 0.789. The van der Waals surface area contributed by atoms with Crippen LogP contribution in [0.15, 0.2) is 22.3 Å². The van der Waals surface area contributed by atoms with Gasteiger partial charge in [-0.3, -0.25) is 0 Å². The van der Waals surface area contributed by atoms with Crippen LogP contribution in [-0.2, 0) is 4.74 Å². The van der Waals surface area contributed by atoms with Crippen molar-refractivity contribution < 1.29 is 9.53 Å². The van der Waals surface area contributed by atoms with E-state index in [-0.39, 0.29) is 6.09 Å². The maximum absolute atomic E-state index is 11.6. The molecule has 2 N–H and O–H groups in total. The minimum atomic E-state index is -0.307. The van der Waals surface area contributed by atoms with Crippen LogP contribution in [0.5, 0.6) is 0 Å². The largest absolute Gasteiger partial charge is 0.450 e. The molecular weight excluding hydrogens is 250 g/mol. The number of nitrogens with zero attached hydrogens (tertiary/aromatic N) is 2. The first-order chi connectivity index (χ1) is 8.67. The lowest BCUT2D eigenvalue weighted by molar-refractivity contribution is 0.110. The first-order valence-corrected chi connectivity index (χ1v) is 6.90. The Morgan fingerprint density at radius 3 is 2.94 bits per heavy atom. The molecule has 0 saturated heterocycles. The molecule has 1 rings (SSSR count). The molecule has 18 heavy (non-hydrogen) atoms. The fourth-order valence-electron chi connectivity index (χ4n) is 1.78. The smallest absolute Gasteiger partial charge is 0.410 e. The second-order valence-corrected chi connectivity index (χ2v) is 4.57. The number of allylic oxidation sites excluding steroid dienone is 1. The Morgan fingerprint density at radius 2 is 2.44 bits per heavy atom. The molecule has 1 aliphatic rings. The second-order valence-electron chi connectivity index (χ2n) is 3.67. The number of nitriles is 1. The van der Waals surface area contributed by atoms with Crippen LogP contribution >= 0.6 is 11.8 Å². The number of amides is 1. The third kappa shape index (κ3) is 3.20. The summed E-state index contributed by atoms with van der Waals surface area (Å²) < 4.78 is 4.97. The highest BCUT2D eigenvalue weighted by atomic mass is 32.2. The van der Waals surface area contributed by atoms with E-state index in [0.29, 0.717) is 31.7 Å². The van der Waals surface area contributed by atoms with Gasteiger partial charge in [0.1, 0.15) is 6.07 Å². The van der Waals surface area contributed by atoms with Gasteiger partial charge < -0.3 is 15.4 Å². The zero-order chi connectivity index (χ0) is 13.5. The third-order valence-electron chi connectivity index (χ3n) is 2.69. The van der Waals surface area contributed by atoms with Crippen molar-refractivity contribution in [2.75, 3.05) is 26.0 Å². The van der Waals surface area contributed by atoms with E-state index < -0.39 is 0 Å². The van der Waals surface area contributed by atoms with E-state index in [2.05, 4.69) is 6.07 Å². The molecule has 1 amide bonds. The molecule has 98 valence electrons. The van der Waals surface area contributed by atoms with E-state index in [4.69, 9.17) is 15.7 Å². The molecule has 0 atom stereocenters. The molecule has 0 fully saturated rings. The van der Waals surface area contributed by atoms with Crippen LogP contribution in [0.1, 0.15) is 13.3 Å². The van der Waals surface area contributed by atoms with Gasteiger partial charge in [0.05, 0.1) is 18.7 Å². The molecule has 0 bridgehead atoms. The molecular formula is C12H17N3O2S. The third-order valence-corrected chi connectivity index (χ3v) is 3.56. The maximum atomic E-state index is 11.6. The highest BCUT2D eigenvalue weighted by molar-refractivity contribution is 8.02. The first kappa shape index (κ1) is 14.5. The monoisotopic (exact) mass is 267 g/mol. The SMILES string of the molecule is CCOC(=O)N1CCC(/C(C#N)=C/N)=C(SC)C1. The van der Waals surface area contributed by atoms with Crippen LogP contribution in [0.4, 0.5) is 4.79 Å². The van der Waals surface area contributed by atoms with E-state index >= 15 is 0 Å². The summed E-state index contributed by atoms with van der Waals surface area (Å²) in [7, 11) is 0. The number of hydrogen-bond donors (Lipinski definition) is 1. The van der Waals surface area contributed by atoms with Crippen molar-refractivity contribution in [1.82, 2.24) is 4.90 Å². The summed E-state index contributed by atoms with van der Waals surface area (Å²) in [6.07, 6.45) is 3.57. The van der Waals surface area contributed by atoms with Gasteiger partial charge in [0, 0.05) is 17.6 Å². The lowest BCUT2D eigenvalue weighted by atomic mass is 10.0. The Labute approximate surface area is 111 Å². The fraction of sp³-hybridized carbons (Fsp3) is 0.500. The van der Waals surface area contributed by atoms with Crippen molar-refractivity contribution in [1.29, 1.82) is 5.26 Å². The van der Waals surface area contributed by atoms with Gasteiger partial charge >= 0.3 is 6.09 Å². The number of rotatable bonds is 3. The van der Waals surface area contributed by atoms with Crippen LogP contribution in [-0.4, -0.2) is 36.9 Å². The van der Waals surface area contributed by atoms with E-state index in [1.54, 1.807) is 11.8 Å². The van der Waals surface area contributed by atoms with Crippen LogP contribution in [0.25, 0.3) is 0 Å². The average Bonchev–Trinajstić information content (AvgIpc) is 2.40. The summed E-state index contributed by atoms with van der Waals surface area (Å²) in [5.74, 6) is 0. The maximum Gasteiger partial charge on any atom is 0.410 e. The molecule has 5 nitrogen and oxygen atoms in total. The minimum absolute atomic E-state index is 0.307. The van der Waals surface area contributed by atoms with Crippen LogP contribution in [0, 0.1) is 11.3 Å². The molecule has 1 heterocycles. The van der Waals surface area contributed by atoms with Gasteiger partial charge in [0.2, 0.25) is 0 Å². The Morgan fingerprint density at radius 1 is 1.72 bits per heavy atom. The molecule has 6 heteroatoms. The van der Waals surface area contributed by atoms with Gasteiger partial charge in [-0.2, -0.15) is 5.26 Å². The zero-order valence-corrected chi connectivity index (χ0v) is 11.4. The standard InChI is InChI=1S/C12H17N3O2S/c1-3-17-12(16)15-5-4-10(9(6-13)7-14)11(8-15)18-2/h6H,3-5,8,13H2,1-2H3/b9-6+. The van der Waals surface area contributed by atoms with Gasteiger partial charge in [-0.25, -0.2) is 4.79 Å². The van der Waals surface area contributed by atoms with Crippen LogP contribution in [0.3, 0.4) is 0 Å². The molecule has 0 spiro atoms. The molecule has 0 unspecified atom stereocenters. The first-order valence-electron chi connectivity index (χ1n) is 5.68. The molecule has 0 aromatic rings. The predicted octanol–water partition coefficient (Wildman–Crippen LogP) is 1.83. The number of hydrogen-bond acceptors (Lipinski definition) is 5. The lowest BCUT2D eigenvalue weighted by Crippen LogP contribution is -2.37. The Kier molecular flexibility index (Phi) is 5.59. The van der Waals surface area contributed by atoms with Crippen molar-refractivity contribution in [3.05, 3.63) is 22.3 Å². The summed E-state index contributed by atoms with van der Waals surface area (Å²) in [6.45, 7) is 3.18. The Bertz CT molecular complexity index is 424. The molecule has 0 aromatic carbocycles. The molecule has 1 aliphatic heterocycles. The Balaban J connectivity index is 2.89. The normalized spacial score (nSPS) is 16.5. The van der Waals surface area contributed by atoms with Gasteiger partial charge in [0.15, 0.2) is 0 Å². The van der Waals surface area contributed by atoms with Gasteiger partial charge in [0.25, 0.3) is 0 Å². The van der Waals surface area contributed by atoms with Crippen LogP contribution in [0.2, 0.25) is 0 Å². The van der Waals surface area contributed by atoms with Gasteiger partial charge in [-0.15, -0.1) is 11.8 Å². The topological polar surface area (TPSA) is 79.3 Å². The average molecular weight is 267 g/mol. The van der Waals surface area contributed by atoms with E-state index in [1.165, 1.54) is 18.0 Å². The Hall–Kier alpha value is -1.61. The molecule has 0 radical (unpaired) electrons. The summed E-state index contributed by atoms with van der Waals surface area (Å²) >= 11 is 1.53. The van der Waals surface area contributed by atoms with Crippen molar-refractivity contribution in [2.24, 2.45) is 5.73 Å². The summed E-state index contributed by atoms with van der Waals surface area (Å²) in [5, 5.41) is 9.00. The summed E-state index contributed by atoms with van der Waals surface area (Å²) in [6, 6.07) is 2.09. The van der Waals surface area contributed by atoms with E-state index in [1.807, 2.05) is 6.26 Å². The number of thioether (sulfide) groups is 1. The van der Waals surface area contributed by atoms with Gasteiger partial charge in [-0.05, 0) is 25.2 Å². The minimum Gasteiger partial charge on any atom is -0.450 e. The van der Waals surface area contributed by atoms with Crippen molar-refractivity contribution >= 4 is 17.9 Å². The van der Waals surface area contributed by atoms with Gasteiger partial charge in [-0.1, -0.05) is 0 Å². The lowest BCUT2D eigenvalue weighted by Gasteiger charge is -2.29. The van der Waals surface area contributed by atoms with Crippen molar-refractivity contribution in [3.63, 3.8) is 0 Å². The zero-order valence-electron chi connectivity index (χ0n) is 10.6. The highest BCUT2D eigenvalue weighted by Gasteiger charge is 2.24. The second kappa shape index (κ2) is 6.97. The van der Waals surface area contributed by atoms with Crippen molar-refractivity contribution in [2.45, 2.75) is 13.3 Å². The number of ether oxygens (including phenoxy) is 1. The number of carbonyl (C=O) groups is 1. The highest BCUT2D eigenvalue weighted by Crippen LogP contribution is 2.30.